The SMILES string of the molecule is O=[N+]([O-])c1ccc(-n2cccc2/C=N\O)cc1. The largest absolute Gasteiger partial charge is 0.411 e. The zero-order chi connectivity index (χ0) is 12.3. The van der Waals surface area contributed by atoms with Crippen LogP contribution in [0.3, 0.4) is 0 Å². The van der Waals surface area contributed by atoms with Gasteiger partial charge in [-0.3, -0.25) is 10.1 Å². The molecule has 0 spiro atoms. The van der Waals surface area contributed by atoms with Crippen molar-refractivity contribution in [3.05, 3.63) is 58.4 Å². The van der Waals surface area contributed by atoms with Gasteiger partial charge in [-0.15, -0.1) is 0 Å². The Morgan fingerprint density at radius 2 is 2.00 bits per heavy atom. The fraction of sp³-hybridized carbons (Fsp3) is 0. The lowest BCUT2D eigenvalue weighted by Gasteiger charge is -2.05. The minimum Gasteiger partial charge on any atom is -0.411 e. The van der Waals surface area contributed by atoms with Gasteiger partial charge in [0.15, 0.2) is 0 Å². The average Bonchev–Trinajstić information content (AvgIpc) is 2.78. The minimum absolute atomic E-state index is 0.0401. The van der Waals surface area contributed by atoms with Crippen LogP contribution in [0.5, 0.6) is 0 Å². The van der Waals surface area contributed by atoms with E-state index in [0.29, 0.717) is 5.69 Å². The molecule has 1 aromatic carbocycles. The molecule has 0 unspecified atom stereocenters. The van der Waals surface area contributed by atoms with E-state index in [0.717, 1.165) is 5.69 Å². The molecular weight excluding hydrogens is 222 g/mol. The van der Waals surface area contributed by atoms with Gasteiger partial charge in [0.25, 0.3) is 5.69 Å². The van der Waals surface area contributed by atoms with E-state index < -0.39 is 4.92 Å². The molecule has 1 heterocycles. The Morgan fingerprint density at radius 3 is 2.59 bits per heavy atom. The Bertz CT molecular complexity index is 558. The van der Waals surface area contributed by atoms with Gasteiger partial charge in [0, 0.05) is 24.0 Å². The normalized spacial score (nSPS) is 10.8. The average molecular weight is 231 g/mol. The first-order valence-corrected chi connectivity index (χ1v) is 4.82. The maximum atomic E-state index is 10.5. The van der Waals surface area contributed by atoms with Gasteiger partial charge in [0.2, 0.25) is 0 Å². The molecule has 0 aliphatic heterocycles. The third-order valence-electron chi connectivity index (χ3n) is 2.31. The highest BCUT2D eigenvalue weighted by Crippen LogP contribution is 2.16. The van der Waals surface area contributed by atoms with Gasteiger partial charge < -0.3 is 9.77 Å². The van der Waals surface area contributed by atoms with Crippen molar-refractivity contribution >= 4 is 11.9 Å². The number of aromatic nitrogens is 1. The van der Waals surface area contributed by atoms with Gasteiger partial charge in [-0.05, 0) is 24.3 Å². The third-order valence-corrected chi connectivity index (χ3v) is 2.31. The lowest BCUT2D eigenvalue weighted by Crippen LogP contribution is -1.98. The van der Waals surface area contributed by atoms with Crippen LogP contribution in [0.1, 0.15) is 5.69 Å². The monoisotopic (exact) mass is 231 g/mol. The van der Waals surface area contributed by atoms with Crippen LogP contribution in [-0.4, -0.2) is 20.9 Å². The number of nitro benzene ring substituents is 1. The number of benzene rings is 1. The summed E-state index contributed by atoms with van der Waals surface area (Å²) in [7, 11) is 0. The summed E-state index contributed by atoms with van der Waals surface area (Å²) in [6.45, 7) is 0. The van der Waals surface area contributed by atoms with Crippen molar-refractivity contribution in [3.63, 3.8) is 0 Å². The molecule has 1 aromatic heterocycles. The zero-order valence-corrected chi connectivity index (χ0v) is 8.72. The van der Waals surface area contributed by atoms with Gasteiger partial charge in [-0.25, -0.2) is 0 Å². The maximum Gasteiger partial charge on any atom is 0.269 e. The predicted octanol–water partition coefficient (Wildman–Crippen LogP) is 2.19. The molecule has 0 aliphatic rings. The number of nitro groups is 1. The number of nitrogens with zero attached hydrogens (tertiary/aromatic N) is 3. The first-order valence-electron chi connectivity index (χ1n) is 4.82. The summed E-state index contributed by atoms with van der Waals surface area (Å²) in [5.41, 5.74) is 1.48. The van der Waals surface area contributed by atoms with E-state index in [9.17, 15) is 10.1 Å². The van der Waals surface area contributed by atoms with Crippen LogP contribution in [-0.2, 0) is 0 Å². The van der Waals surface area contributed by atoms with Crippen molar-refractivity contribution in [1.82, 2.24) is 4.57 Å². The van der Waals surface area contributed by atoms with Crippen LogP contribution in [0.25, 0.3) is 5.69 Å². The fourth-order valence-electron chi connectivity index (χ4n) is 1.53. The summed E-state index contributed by atoms with van der Waals surface area (Å²) in [6, 6.07) is 9.67. The quantitative estimate of drug-likeness (QED) is 0.380. The molecule has 0 radical (unpaired) electrons. The molecular formula is C11H9N3O3. The van der Waals surface area contributed by atoms with Crippen molar-refractivity contribution in [2.24, 2.45) is 5.16 Å². The van der Waals surface area contributed by atoms with Crippen LogP contribution in [0.4, 0.5) is 5.69 Å². The van der Waals surface area contributed by atoms with Crippen LogP contribution in [0.2, 0.25) is 0 Å². The maximum absolute atomic E-state index is 10.5. The lowest BCUT2D eigenvalue weighted by atomic mass is 10.3. The number of rotatable bonds is 3. The molecule has 0 bridgehead atoms. The third kappa shape index (κ3) is 2.15. The summed E-state index contributed by atoms with van der Waals surface area (Å²) in [4.78, 5) is 10.1. The molecule has 0 saturated heterocycles. The summed E-state index contributed by atoms with van der Waals surface area (Å²) >= 11 is 0. The lowest BCUT2D eigenvalue weighted by molar-refractivity contribution is -0.384. The minimum atomic E-state index is -0.449. The summed E-state index contributed by atoms with van der Waals surface area (Å²) < 4.78 is 1.75. The molecule has 0 fully saturated rings. The Labute approximate surface area is 96.6 Å². The van der Waals surface area contributed by atoms with E-state index in [1.165, 1.54) is 18.3 Å². The highest BCUT2D eigenvalue weighted by molar-refractivity contribution is 5.78. The molecule has 0 amide bonds. The molecule has 17 heavy (non-hydrogen) atoms. The summed E-state index contributed by atoms with van der Waals surface area (Å²) in [5, 5.41) is 22.0. The van der Waals surface area contributed by atoms with Crippen molar-refractivity contribution in [1.29, 1.82) is 0 Å². The molecule has 0 aliphatic carbocycles. The Morgan fingerprint density at radius 1 is 1.29 bits per heavy atom. The second kappa shape index (κ2) is 4.48. The molecule has 0 atom stereocenters. The number of non-ortho nitro benzene ring substituents is 1. The number of hydrogen-bond acceptors (Lipinski definition) is 4. The van der Waals surface area contributed by atoms with Crippen molar-refractivity contribution < 1.29 is 10.1 Å². The van der Waals surface area contributed by atoms with E-state index in [-0.39, 0.29) is 5.69 Å². The smallest absolute Gasteiger partial charge is 0.269 e. The molecule has 0 saturated carbocycles. The number of oxime groups is 1. The van der Waals surface area contributed by atoms with Crippen LogP contribution in [0.15, 0.2) is 47.8 Å². The Hall–Kier alpha value is -2.63. The van der Waals surface area contributed by atoms with E-state index in [1.807, 2.05) is 0 Å². The van der Waals surface area contributed by atoms with Crippen LogP contribution >= 0.6 is 0 Å². The second-order valence-electron chi connectivity index (χ2n) is 3.32. The van der Waals surface area contributed by atoms with Gasteiger partial charge in [-0.2, -0.15) is 0 Å². The molecule has 86 valence electrons. The fourth-order valence-corrected chi connectivity index (χ4v) is 1.53. The Balaban J connectivity index is 2.39. The standard InChI is InChI=1S/C11H9N3O3/c15-12-8-11-2-1-7-13(11)9-3-5-10(6-4-9)14(16)17/h1-8,15H/b12-8-. The predicted molar refractivity (Wildman–Crippen MR) is 61.8 cm³/mol. The molecule has 1 N–H and O–H groups in total. The van der Waals surface area contributed by atoms with E-state index in [4.69, 9.17) is 5.21 Å². The van der Waals surface area contributed by atoms with E-state index in [2.05, 4.69) is 5.16 Å². The van der Waals surface area contributed by atoms with Crippen molar-refractivity contribution in [2.75, 3.05) is 0 Å². The summed E-state index contributed by atoms with van der Waals surface area (Å²) in [5.74, 6) is 0. The zero-order valence-electron chi connectivity index (χ0n) is 8.72. The van der Waals surface area contributed by atoms with E-state index >= 15 is 0 Å². The first-order chi connectivity index (χ1) is 8.22. The Kier molecular flexibility index (Phi) is 2.87. The van der Waals surface area contributed by atoms with E-state index in [1.54, 1.807) is 35.0 Å². The number of hydrogen-bond donors (Lipinski definition) is 1. The highest BCUT2D eigenvalue weighted by atomic mass is 16.6. The molecule has 2 aromatic rings. The van der Waals surface area contributed by atoms with Gasteiger partial charge >= 0.3 is 0 Å². The highest BCUT2D eigenvalue weighted by Gasteiger charge is 2.06. The molecule has 6 heteroatoms. The second-order valence-corrected chi connectivity index (χ2v) is 3.32. The first kappa shape index (κ1) is 10.9. The van der Waals surface area contributed by atoms with Crippen molar-refractivity contribution in [3.8, 4) is 5.69 Å². The van der Waals surface area contributed by atoms with Gasteiger partial charge in [-0.1, -0.05) is 5.16 Å². The van der Waals surface area contributed by atoms with Gasteiger partial charge in [0.05, 0.1) is 16.8 Å². The topological polar surface area (TPSA) is 80.7 Å². The molecule has 6 nitrogen and oxygen atoms in total. The van der Waals surface area contributed by atoms with Crippen LogP contribution < -0.4 is 0 Å². The van der Waals surface area contributed by atoms with Gasteiger partial charge in [0.1, 0.15) is 0 Å². The summed E-state index contributed by atoms with van der Waals surface area (Å²) in [6.07, 6.45) is 3.07. The van der Waals surface area contributed by atoms with Crippen molar-refractivity contribution in [2.45, 2.75) is 0 Å². The van der Waals surface area contributed by atoms with Crippen LogP contribution in [0, 0.1) is 10.1 Å². The molecule has 2 rings (SSSR count).